The van der Waals surface area contributed by atoms with Gasteiger partial charge in [-0.1, -0.05) is 101 Å². The lowest BCUT2D eigenvalue weighted by Gasteiger charge is -2.16. The summed E-state index contributed by atoms with van der Waals surface area (Å²) in [5, 5.41) is 8.38. The van der Waals surface area contributed by atoms with E-state index in [4.69, 9.17) is 4.98 Å². The molecule has 0 spiro atoms. The molecule has 0 radical (unpaired) electrons. The third-order valence-corrected chi connectivity index (χ3v) is 7.02. The number of amides is 1. The van der Waals surface area contributed by atoms with Crippen molar-refractivity contribution >= 4 is 60.0 Å². The van der Waals surface area contributed by atoms with Crippen molar-refractivity contribution in [2.45, 2.75) is 6.92 Å². The summed E-state index contributed by atoms with van der Waals surface area (Å²) in [6, 6.07) is 35.3. The highest BCUT2D eigenvalue weighted by Gasteiger charge is 2.16. The van der Waals surface area contributed by atoms with Gasteiger partial charge in [-0.05, 0) is 40.1 Å². The van der Waals surface area contributed by atoms with Gasteiger partial charge in [0.25, 0.3) is 0 Å². The lowest BCUT2D eigenvalue weighted by atomic mass is 9.92. The monoisotopic (exact) mass is 516 g/mol. The Morgan fingerprint density at radius 3 is 2.09 bits per heavy atom. The number of halogens is 1. The first-order chi connectivity index (χ1) is 17.1. The van der Waals surface area contributed by atoms with Crippen molar-refractivity contribution < 1.29 is 4.79 Å². The number of anilines is 1. The van der Waals surface area contributed by atoms with Crippen molar-refractivity contribution in [2.24, 2.45) is 0 Å². The number of nitrogens with zero attached hydrogens (tertiary/aromatic N) is 1. The fourth-order valence-electron chi connectivity index (χ4n) is 4.82. The molecule has 0 aliphatic rings. The van der Waals surface area contributed by atoms with E-state index in [1.165, 1.54) is 6.92 Å². The molecule has 1 N–H and O–H groups in total. The van der Waals surface area contributed by atoms with Crippen LogP contribution in [0.15, 0.2) is 108 Å². The predicted octanol–water partition coefficient (Wildman–Crippen LogP) is 8.60. The molecule has 5 aromatic carbocycles. The first-order valence-corrected chi connectivity index (χ1v) is 12.3. The molecule has 1 heterocycles. The van der Waals surface area contributed by atoms with Gasteiger partial charge >= 0.3 is 0 Å². The molecule has 0 atom stereocenters. The van der Waals surface area contributed by atoms with E-state index in [0.717, 1.165) is 65.0 Å². The molecule has 0 saturated carbocycles. The van der Waals surface area contributed by atoms with Crippen LogP contribution in [-0.2, 0) is 4.79 Å². The van der Waals surface area contributed by atoms with Crippen LogP contribution in [0.1, 0.15) is 6.92 Å². The molecule has 0 fully saturated rings. The number of carbonyl (C=O) groups is 1. The maximum atomic E-state index is 11.8. The normalized spacial score (nSPS) is 11.3. The van der Waals surface area contributed by atoms with Gasteiger partial charge in [-0.15, -0.1) is 0 Å². The molecule has 0 aliphatic carbocycles. The van der Waals surface area contributed by atoms with E-state index < -0.39 is 0 Å². The van der Waals surface area contributed by atoms with Crippen molar-refractivity contribution in [2.75, 3.05) is 5.32 Å². The minimum absolute atomic E-state index is 0.0842. The number of hydrogen-bond donors (Lipinski definition) is 1. The summed E-state index contributed by atoms with van der Waals surface area (Å²) < 4.78 is 1.04. The second-order valence-electron chi connectivity index (χ2n) is 8.61. The summed E-state index contributed by atoms with van der Waals surface area (Å²) in [4.78, 5) is 17.0. The smallest absolute Gasteiger partial charge is 0.221 e. The van der Waals surface area contributed by atoms with Crippen molar-refractivity contribution in [3.05, 3.63) is 108 Å². The number of pyridine rings is 1. The van der Waals surface area contributed by atoms with Gasteiger partial charge in [-0.2, -0.15) is 0 Å². The van der Waals surface area contributed by atoms with E-state index in [9.17, 15) is 4.79 Å². The number of fused-ring (bicyclic) bond motifs is 4. The Labute approximate surface area is 211 Å². The van der Waals surface area contributed by atoms with Crippen LogP contribution < -0.4 is 5.32 Å². The number of hydrogen-bond acceptors (Lipinski definition) is 2. The van der Waals surface area contributed by atoms with Crippen molar-refractivity contribution in [1.29, 1.82) is 0 Å². The average molecular weight is 517 g/mol. The zero-order chi connectivity index (χ0) is 23.9. The fraction of sp³-hybridized carbons (Fsp3) is 0.0323. The summed E-state index contributed by atoms with van der Waals surface area (Å²) in [7, 11) is 0. The molecule has 0 bridgehead atoms. The van der Waals surface area contributed by atoms with Crippen molar-refractivity contribution in [3.8, 4) is 22.4 Å². The maximum Gasteiger partial charge on any atom is 0.221 e. The highest BCUT2D eigenvalue weighted by Crippen LogP contribution is 2.41. The summed E-state index contributed by atoms with van der Waals surface area (Å²) >= 11 is 3.80. The van der Waals surface area contributed by atoms with Crippen LogP contribution in [0.5, 0.6) is 0 Å². The van der Waals surface area contributed by atoms with Crippen LogP contribution in [0.3, 0.4) is 0 Å². The number of carbonyl (C=O) groups excluding carboxylic acids is 1. The van der Waals surface area contributed by atoms with Crippen LogP contribution in [-0.4, -0.2) is 10.9 Å². The Morgan fingerprint density at radius 2 is 1.34 bits per heavy atom. The molecule has 1 amide bonds. The molecule has 35 heavy (non-hydrogen) atoms. The third-order valence-electron chi connectivity index (χ3n) is 6.36. The van der Waals surface area contributed by atoms with E-state index in [2.05, 4.69) is 88.0 Å². The number of aromatic nitrogens is 1. The zero-order valence-electron chi connectivity index (χ0n) is 19.0. The van der Waals surface area contributed by atoms with Crippen LogP contribution in [0.25, 0.3) is 54.8 Å². The van der Waals surface area contributed by atoms with E-state index >= 15 is 0 Å². The lowest BCUT2D eigenvalue weighted by molar-refractivity contribution is -0.114. The quantitative estimate of drug-likeness (QED) is 0.239. The molecule has 0 saturated heterocycles. The topological polar surface area (TPSA) is 42.0 Å². The first kappa shape index (κ1) is 21.5. The second-order valence-corrected chi connectivity index (χ2v) is 9.46. The van der Waals surface area contributed by atoms with Gasteiger partial charge in [-0.3, -0.25) is 4.79 Å². The zero-order valence-corrected chi connectivity index (χ0v) is 20.6. The van der Waals surface area contributed by atoms with E-state index in [1.54, 1.807) is 0 Å². The Balaban J connectivity index is 1.74. The Hall–Kier alpha value is -4.02. The van der Waals surface area contributed by atoms with Gasteiger partial charge in [0.1, 0.15) is 0 Å². The summed E-state index contributed by atoms with van der Waals surface area (Å²) in [5.74, 6) is -0.0842. The van der Waals surface area contributed by atoms with Gasteiger partial charge < -0.3 is 5.32 Å². The van der Waals surface area contributed by atoms with Crippen molar-refractivity contribution in [3.63, 3.8) is 0 Å². The van der Waals surface area contributed by atoms with Gasteiger partial charge in [-0.25, -0.2) is 4.98 Å². The molecular formula is C31H21BrN2O. The Bertz CT molecular complexity index is 1760. The number of nitrogens with one attached hydrogen (secondary N) is 1. The van der Waals surface area contributed by atoms with Gasteiger partial charge in [0.05, 0.1) is 11.2 Å². The molecule has 0 aliphatic heterocycles. The Kier molecular flexibility index (Phi) is 5.31. The summed E-state index contributed by atoms with van der Waals surface area (Å²) in [5.41, 5.74) is 5.98. The van der Waals surface area contributed by atoms with E-state index in [0.29, 0.717) is 0 Å². The van der Waals surface area contributed by atoms with Crippen molar-refractivity contribution in [1.82, 2.24) is 4.98 Å². The van der Waals surface area contributed by atoms with Gasteiger partial charge in [0.15, 0.2) is 0 Å². The SMILES string of the molecule is CC(=O)Nc1ccc(-c2cc(-c3ccccc3)nc3c2cc(Br)c2ccccc23)c2ccccc12. The highest BCUT2D eigenvalue weighted by atomic mass is 79.9. The molecule has 0 unspecified atom stereocenters. The largest absolute Gasteiger partial charge is 0.326 e. The number of benzene rings is 5. The summed E-state index contributed by atoms with van der Waals surface area (Å²) in [6.07, 6.45) is 0. The lowest BCUT2D eigenvalue weighted by Crippen LogP contribution is -2.06. The second kappa shape index (κ2) is 8.64. The maximum absolute atomic E-state index is 11.8. The molecule has 168 valence electrons. The van der Waals surface area contributed by atoms with Gasteiger partial charge in [0.2, 0.25) is 5.91 Å². The molecular weight excluding hydrogens is 496 g/mol. The van der Waals surface area contributed by atoms with Crippen LogP contribution >= 0.6 is 15.9 Å². The fourth-order valence-corrected chi connectivity index (χ4v) is 5.40. The number of rotatable bonds is 3. The third kappa shape index (κ3) is 3.76. The van der Waals surface area contributed by atoms with Crippen LogP contribution in [0.4, 0.5) is 5.69 Å². The highest BCUT2D eigenvalue weighted by molar-refractivity contribution is 9.10. The predicted molar refractivity (Wildman–Crippen MR) is 150 cm³/mol. The minimum atomic E-state index is -0.0842. The molecule has 6 rings (SSSR count). The molecule has 6 aromatic rings. The molecule has 4 heteroatoms. The van der Waals surface area contributed by atoms with E-state index in [1.807, 2.05) is 36.4 Å². The molecule has 3 nitrogen and oxygen atoms in total. The average Bonchev–Trinajstić information content (AvgIpc) is 2.89. The van der Waals surface area contributed by atoms with Crippen LogP contribution in [0.2, 0.25) is 0 Å². The van der Waals surface area contributed by atoms with E-state index in [-0.39, 0.29) is 5.91 Å². The van der Waals surface area contributed by atoms with Crippen LogP contribution in [0, 0.1) is 0 Å². The standard InChI is InChI=1S/C31H21BrN2O/c1-19(35)33-29-16-15-22(21-11-5-7-13-24(21)29)26-18-30(20-9-3-2-4-10-20)34-31-25-14-8-6-12-23(25)28(32)17-27(26)31/h2-18H,1H3,(H,33,35). The first-order valence-electron chi connectivity index (χ1n) is 11.5. The van der Waals surface area contributed by atoms with Gasteiger partial charge in [0, 0.05) is 38.8 Å². The minimum Gasteiger partial charge on any atom is -0.326 e. The molecule has 1 aromatic heterocycles. The summed E-state index contributed by atoms with van der Waals surface area (Å²) in [6.45, 7) is 1.54. The Morgan fingerprint density at radius 1 is 0.686 bits per heavy atom.